The van der Waals surface area contributed by atoms with Gasteiger partial charge in [-0.3, -0.25) is 4.79 Å². The summed E-state index contributed by atoms with van der Waals surface area (Å²) in [5.41, 5.74) is 1.000. The molecule has 7 heteroatoms. The third kappa shape index (κ3) is 4.41. The minimum atomic E-state index is -0.191. The number of aromatic nitrogens is 3. The van der Waals surface area contributed by atoms with Crippen LogP contribution in [-0.4, -0.2) is 42.1 Å². The molecule has 1 heterocycles. The van der Waals surface area contributed by atoms with Gasteiger partial charge in [-0.2, -0.15) is 15.0 Å². The second-order valence-electron chi connectivity index (χ2n) is 5.52. The van der Waals surface area contributed by atoms with Crippen LogP contribution in [0.1, 0.15) is 30.7 Å². The van der Waals surface area contributed by atoms with Crippen LogP contribution in [0.2, 0.25) is 0 Å². The fourth-order valence-electron chi connectivity index (χ4n) is 2.30. The molecular weight excluding hydrogens is 306 g/mol. The van der Waals surface area contributed by atoms with Gasteiger partial charge in [-0.05, 0) is 12.0 Å². The van der Waals surface area contributed by atoms with Crippen molar-refractivity contribution in [3.8, 4) is 6.01 Å². The van der Waals surface area contributed by atoms with Crippen LogP contribution in [0.15, 0.2) is 30.3 Å². The highest BCUT2D eigenvalue weighted by Gasteiger charge is 2.18. The number of carbonyl (C=O) groups is 1. The van der Waals surface area contributed by atoms with Gasteiger partial charge in [-0.25, -0.2) is 0 Å². The van der Waals surface area contributed by atoms with E-state index in [1.165, 1.54) is 7.11 Å². The number of hydrogen-bond donors (Lipinski definition) is 1. The van der Waals surface area contributed by atoms with Crippen molar-refractivity contribution in [1.29, 1.82) is 0 Å². The Morgan fingerprint density at radius 1 is 1.21 bits per heavy atom. The van der Waals surface area contributed by atoms with E-state index >= 15 is 0 Å². The highest BCUT2D eigenvalue weighted by molar-refractivity contribution is 5.83. The highest BCUT2D eigenvalue weighted by atomic mass is 16.5. The second kappa shape index (κ2) is 8.24. The summed E-state index contributed by atoms with van der Waals surface area (Å²) in [6, 6.07) is 9.96. The van der Waals surface area contributed by atoms with Crippen molar-refractivity contribution in [2.75, 3.05) is 26.1 Å². The normalized spacial score (nSPS) is 11.7. The molecule has 0 aliphatic rings. The summed E-state index contributed by atoms with van der Waals surface area (Å²) in [5, 5.41) is 2.90. The number of nitrogens with zero attached hydrogens (tertiary/aromatic N) is 4. The molecule has 0 spiro atoms. The molecule has 0 saturated heterocycles. The van der Waals surface area contributed by atoms with E-state index in [2.05, 4.69) is 20.3 Å². The Morgan fingerprint density at radius 2 is 1.92 bits per heavy atom. The van der Waals surface area contributed by atoms with Gasteiger partial charge in [-0.1, -0.05) is 37.3 Å². The second-order valence-corrected chi connectivity index (χ2v) is 5.52. The van der Waals surface area contributed by atoms with Crippen LogP contribution >= 0.6 is 0 Å². The van der Waals surface area contributed by atoms with E-state index < -0.39 is 0 Å². The third-order valence-corrected chi connectivity index (χ3v) is 3.58. The molecule has 0 unspecified atom stereocenters. The average molecular weight is 329 g/mol. The maximum Gasteiger partial charge on any atom is 0.321 e. The Hall–Kier alpha value is -2.70. The maximum atomic E-state index is 12.5. The molecule has 1 aromatic carbocycles. The van der Waals surface area contributed by atoms with Gasteiger partial charge in [0, 0.05) is 14.1 Å². The first-order valence-corrected chi connectivity index (χ1v) is 7.84. The van der Waals surface area contributed by atoms with Crippen molar-refractivity contribution in [3.63, 3.8) is 0 Å². The Kier molecular flexibility index (Phi) is 6.06. The van der Waals surface area contributed by atoms with E-state index in [1.807, 2.05) is 51.4 Å². The summed E-state index contributed by atoms with van der Waals surface area (Å²) in [6.07, 6.45) is 0.722. The Morgan fingerprint density at radius 3 is 2.50 bits per heavy atom. The summed E-state index contributed by atoms with van der Waals surface area (Å²) in [4.78, 5) is 26.9. The lowest BCUT2D eigenvalue weighted by atomic mass is 9.96. The SMILES string of the molecule is CC[C@H](C(=O)NCc1nc(OC)nc(N(C)C)n1)c1ccccc1. The molecule has 0 aliphatic carbocycles. The number of carbonyl (C=O) groups excluding carboxylic acids is 1. The van der Waals surface area contributed by atoms with Gasteiger partial charge >= 0.3 is 6.01 Å². The average Bonchev–Trinajstić information content (AvgIpc) is 2.61. The van der Waals surface area contributed by atoms with Crippen LogP contribution in [0.25, 0.3) is 0 Å². The predicted molar refractivity (Wildman–Crippen MR) is 92.0 cm³/mol. The minimum absolute atomic E-state index is 0.0468. The fraction of sp³-hybridized carbons (Fsp3) is 0.412. The molecule has 0 saturated carbocycles. The number of rotatable bonds is 7. The molecular formula is C17H23N5O2. The number of hydrogen-bond acceptors (Lipinski definition) is 6. The van der Waals surface area contributed by atoms with Gasteiger partial charge in [0.15, 0.2) is 5.82 Å². The molecule has 1 atom stereocenters. The molecule has 1 N–H and O–H groups in total. The smallest absolute Gasteiger partial charge is 0.321 e. The molecule has 0 radical (unpaired) electrons. The standard InChI is InChI=1S/C17H23N5O2/c1-5-13(12-9-7-6-8-10-12)15(23)18-11-14-19-16(22(2)3)21-17(20-14)24-4/h6-10,13H,5,11H2,1-4H3,(H,18,23)/t13-/m0/s1. The predicted octanol–water partition coefficient (Wildman–Crippen LogP) is 1.76. The van der Waals surface area contributed by atoms with Crippen molar-refractivity contribution in [2.24, 2.45) is 0 Å². The monoisotopic (exact) mass is 329 g/mol. The van der Waals surface area contributed by atoms with Gasteiger partial charge in [0.2, 0.25) is 11.9 Å². The Labute approximate surface area is 142 Å². The summed E-state index contributed by atoms with van der Waals surface area (Å²) in [5.74, 6) is 0.709. The molecule has 0 aliphatic heterocycles. The largest absolute Gasteiger partial charge is 0.467 e. The van der Waals surface area contributed by atoms with E-state index in [0.29, 0.717) is 11.8 Å². The number of amides is 1. The van der Waals surface area contributed by atoms with Gasteiger partial charge in [0.25, 0.3) is 0 Å². The summed E-state index contributed by atoms with van der Waals surface area (Å²) in [6.45, 7) is 2.22. The third-order valence-electron chi connectivity index (χ3n) is 3.58. The lowest BCUT2D eigenvalue weighted by Crippen LogP contribution is -2.30. The van der Waals surface area contributed by atoms with Gasteiger partial charge < -0.3 is 15.0 Å². The van der Waals surface area contributed by atoms with E-state index in [4.69, 9.17) is 4.74 Å². The van der Waals surface area contributed by atoms with Gasteiger partial charge in [0.1, 0.15) is 0 Å². The van der Waals surface area contributed by atoms with Crippen LogP contribution in [0, 0.1) is 0 Å². The van der Waals surface area contributed by atoms with E-state index in [-0.39, 0.29) is 24.4 Å². The van der Waals surface area contributed by atoms with Crippen molar-refractivity contribution >= 4 is 11.9 Å². The zero-order valence-corrected chi connectivity index (χ0v) is 14.5. The molecule has 1 aromatic heterocycles. The van der Waals surface area contributed by atoms with Crippen LogP contribution in [0.5, 0.6) is 6.01 Å². The molecule has 2 rings (SSSR count). The van der Waals surface area contributed by atoms with E-state index in [0.717, 1.165) is 12.0 Å². The highest BCUT2D eigenvalue weighted by Crippen LogP contribution is 2.19. The zero-order chi connectivity index (χ0) is 17.5. The summed E-state index contributed by atoms with van der Waals surface area (Å²) >= 11 is 0. The van der Waals surface area contributed by atoms with Crippen molar-refractivity contribution < 1.29 is 9.53 Å². The van der Waals surface area contributed by atoms with Crippen molar-refractivity contribution in [2.45, 2.75) is 25.8 Å². The molecule has 0 bridgehead atoms. The fourth-order valence-corrected chi connectivity index (χ4v) is 2.30. The molecule has 128 valence electrons. The molecule has 24 heavy (non-hydrogen) atoms. The number of anilines is 1. The maximum absolute atomic E-state index is 12.5. The Balaban J connectivity index is 2.09. The first kappa shape index (κ1) is 17.7. The van der Waals surface area contributed by atoms with Crippen LogP contribution in [0.3, 0.4) is 0 Å². The molecule has 7 nitrogen and oxygen atoms in total. The van der Waals surface area contributed by atoms with Gasteiger partial charge in [0.05, 0.1) is 19.6 Å². The molecule has 0 fully saturated rings. The molecule has 2 aromatic rings. The lowest BCUT2D eigenvalue weighted by Gasteiger charge is -2.16. The minimum Gasteiger partial charge on any atom is -0.467 e. The number of methoxy groups -OCH3 is 1. The first-order valence-electron chi connectivity index (χ1n) is 7.84. The van der Waals surface area contributed by atoms with Crippen LogP contribution in [-0.2, 0) is 11.3 Å². The van der Waals surface area contributed by atoms with Crippen molar-refractivity contribution in [1.82, 2.24) is 20.3 Å². The number of benzene rings is 1. The number of nitrogens with one attached hydrogen (secondary N) is 1. The quantitative estimate of drug-likeness (QED) is 0.834. The van der Waals surface area contributed by atoms with E-state index in [9.17, 15) is 4.79 Å². The Bertz CT molecular complexity index is 676. The van der Waals surface area contributed by atoms with Crippen molar-refractivity contribution in [3.05, 3.63) is 41.7 Å². The summed E-state index contributed by atoms with van der Waals surface area (Å²) < 4.78 is 5.09. The lowest BCUT2D eigenvalue weighted by molar-refractivity contribution is -0.122. The van der Waals surface area contributed by atoms with E-state index in [1.54, 1.807) is 4.90 Å². The first-order chi connectivity index (χ1) is 11.5. The van der Waals surface area contributed by atoms with Gasteiger partial charge in [-0.15, -0.1) is 0 Å². The summed E-state index contributed by atoms with van der Waals surface area (Å²) in [7, 11) is 5.17. The molecule has 1 amide bonds. The van der Waals surface area contributed by atoms with Crippen LogP contribution in [0.4, 0.5) is 5.95 Å². The number of ether oxygens (including phenoxy) is 1. The zero-order valence-electron chi connectivity index (χ0n) is 14.5. The van der Waals surface area contributed by atoms with Crippen LogP contribution < -0.4 is 15.0 Å². The topological polar surface area (TPSA) is 80.2 Å².